The number of hydrogen-bond acceptors (Lipinski definition) is 10. The van der Waals surface area contributed by atoms with E-state index in [1.54, 1.807) is 6.92 Å². The molecule has 0 fully saturated rings. The van der Waals surface area contributed by atoms with E-state index in [9.17, 15) is 49.8 Å². The molecule has 3 aliphatic carbocycles. The van der Waals surface area contributed by atoms with Gasteiger partial charge in [-0.2, -0.15) is 0 Å². The number of nitrogens with zero attached hydrogens (tertiary/aromatic N) is 1. The van der Waals surface area contributed by atoms with E-state index in [0.29, 0.717) is 0 Å². The summed E-state index contributed by atoms with van der Waals surface area (Å²) in [4.78, 5) is 51.5. The van der Waals surface area contributed by atoms with Gasteiger partial charge in [0.05, 0.1) is 23.6 Å². The zero-order valence-corrected chi connectivity index (χ0v) is 18.9. The molecule has 35 heavy (non-hydrogen) atoms. The third-order valence-electron chi connectivity index (χ3n) is 7.36. The molecule has 0 aromatic heterocycles. The monoisotopic (exact) mass is 488 g/mol. The Morgan fingerprint density at radius 1 is 1.11 bits per heavy atom. The Balaban J connectivity index is 2.06. The van der Waals surface area contributed by atoms with E-state index in [4.69, 9.17) is 5.73 Å². The standard InChI is InChI=1S/C23H24N2O10/c1-6-7-4-5-8(22(33)34)15(26)10(7)16(27)11-9(6)17(28)13-14(25(2)3)18(29)12(21(24)32)20(31)23(13,35)19(11)30/h4-6,9,13-14,17,26,28-30,35H,1-3H3,(H2,24,32)(H,33,34). The number of likely N-dealkylation sites (N-methyl/N-ethyl adjacent to an activating group) is 1. The lowest BCUT2D eigenvalue weighted by molar-refractivity contribution is -0.162. The van der Waals surface area contributed by atoms with Gasteiger partial charge in [-0.3, -0.25) is 19.3 Å². The zero-order valence-electron chi connectivity index (χ0n) is 18.9. The van der Waals surface area contributed by atoms with Gasteiger partial charge in [0.1, 0.15) is 28.4 Å². The van der Waals surface area contributed by atoms with Crippen LogP contribution in [-0.2, 0) is 9.59 Å². The highest BCUT2D eigenvalue weighted by Crippen LogP contribution is 2.55. The Hall–Kier alpha value is -3.74. The molecule has 0 spiro atoms. The molecule has 1 aromatic rings. The van der Waals surface area contributed by atoms with Crippen LogP contribution in [0.25, 0.3) is 0 Å². The van der Waals surface area contributed by atoms with E-state index in [2.05, 4.69) is 0 Å². The van der Waals surface area contributed by atoms with Crippen molar-refractivity contribution in [3.63, 3.8) is 0 Å². The summed E-state index contributed by atoms with van der Waals surface area (Å²) in [6, 6.07) is 1.05. The summed E-state index contributed by atoms with van der Waals surface area (Å²) in [5, 5.41) is 64.8. The number of aromatic carboxylic acids is 1. The van der Waals surface area contributed by atoms with Crippen LogP contribution in [0.1, 0.15) is 39.1 Å². The highest BCUT2D eigenvalue weighted by molar-refractivity contribution is 6.25. The number of amides is 1. The molecule has 6 unspecified atom stereocenters. The highest BCUT2D eigenvalue weighted by Gasteiger charge is 2.67. The Morgan fingerprint density at radius 2 is 1.71 bits per heavy atom. The number of aromatic hydroxyl groups is 1. The number of fused-ring (bicyclic) bond motifs is 3. The minimum absolute atomic E-state index is 0.185. The summed E-state index contributed by atoms with van der Waals surface area (Å²) < 4.78 is 0. The highest BCUT2D eigenvalue weighted by atomic mass is 16.4. The molecule has 12 nitrogen and oxygen atoms in total. The molecule has 8 N–H and O–H groups in total. The number of Topliss-reactive ketones (excluding diaryl/α,β-unsaturated/α-hetero) is 2. The van der Waals surface area contributed by atoms with Crippen LogP contribution in [0.5, 0.6) is 5.75 Å². The maximum absolute atomic E-state index is 13.5. The summed E-state index contributed by atoms with van der Waals surface area (Å²) in [5.74, 6) is -12.0. The minimum atomic E-state index is -3.02. The fraction of sp³-hybridized carbons (Fsp3) is 0.391. The molecule has 0 heterocycles. The molecule has 0 saturated carbocycles. The van der Waals surface area contributed by atoms with Crippen molar-refractivity contribution in [2.45, 2.75) is 30.6 Å². The van der Waals surface area contributed by atoms with E-state index >= 15 is 0 Å². The maximum atomic E-state index is 13.5. The topological polar surface area (TPSA) is 219 Å². The number of aliphatic hydroxyl groups is 4. The quantitative estimate of drug-likeness (QED) is 0.265. The number of benzene rings is 1. The van der Waals surface area contributed by atoms with Crippen LogP contribution in [0, 0.1) is 11.8 Å². The van der Waals surface area contributed by atoms with Crippen LogP contribution in [0.15, 0.2) is 34.8 Å². The van der Waals surface area contributed by atoms with E-state index in [-0.39, 0.29) is 5.56 Å². The number of carbonyl (C=O) groups excluding carboxylic acids is 3. The number of aliphatic hydroxyl groups excluding tert-OH is 3. The van der Waals surface area contributed by atoms with Gasteiger partial charge < -0.3 is 36.4 Å². The summed E-state index contributed by atoms with van der Waals surface area (Å²) in [6.07, 6.45) is -1.72. The molecular weight excluding hydrogens is 464 g/mol. The smallest absolute Gasteiger partial charge is 0.339 e. The second kappa shape index (κ2) is 7.63. The average molecular weight is 488 g/mol. The fourth-order valence-corrected chi connectivity index (χ4v) is 5.80. The van der Waals surface area contributed by atoms with Gasteiger partial charge in [-0.05, 0) is 31.6 Å². The average Bonchev–Trinajstić information content (AvgIpc) is 2.75. The molecule has 4 rings (SSSR count). The van der Waals surface area contributed by atoms with Crippen molar-refractivity contribution >= 4 is 23.4 Å². The van der Waals surface area contributed by atoms with Crippen molar-refractivity contribution in [1.82, 2.24) is 4.90 Å². The summed E-state index contributed by atoms with van der Waals surface area (Å²) in [7, 11) is 2.88. The Labute approximate surface area is 198 Å². The van der Waals surface area contributed by atoms with Gasteiger partial charge in [0.15, 0.2) is 11.4 Å². The van der Waals surface area contributed by atoms with Crippen LogP contribution < -0.4 is 5.73 Å². The number of primary amides is 1. The first-order valence-corrected chi connectivity index (χ1v) is 10.6. The molecule has 186 valence electrons. The maximum Gasteiger partial charge on any atom is 0.339 e. The number of phenols is 1. The molecule has 0 saturated heterocycles. The lowest BCUT2D eigenvalue weighted by Crippen LogP contribution is -2.68. The minimum Gasteiger partial charge on any atom is -0.510 e. The van der Waals surface area contributed by atoms with E-state index in [0.717, 1.165) is 6.07 Å². The first-order valence-electron chi connectivity index (χ1n) is 10.6. The Bertz CT molecular complexity index is 1280. The molecule has 1 amide bonds. The number of nitrogens with two attached hydrogens (primary N) is 1. The first kappa shape index (κ1) is 24.4. The first-order chi connectivity index (χ1) is 16.2. The van der Waals surface area contributed by atoms with Gasteiger partial charge in [-0.1, -0.05) is 13.0 Å². The van der Waals surface area contributed by atoms with Gasteiger partial charge in [-0.15, -0.1) is 0 Å². The molecule has 3 aliphatic rings. The van der Waals surface area contributed by atoms with Crippen molar-refractivity contribution in [3.05, 3.63) is 51.5 Å². The third-order valence-corrected chi connectivity index (χ3v) is 7.36. The summed E-state index contributed by atoms with van der Waals surface area (Å²) in [5.41, 5.74) is -0.217. The molecule has 12 heteroatoms. The number of rotatable bonds is 3. The largest absolute Gasteiger partial charge is 0.510 e. The summed E-state index contributed by atoms with van der Waals surface area (Å²) in [6.45, 7) is 1.55. The Kier molecular flexibility index (Phi) is 5.32. The van der Waals surface area contributed by atoms with E-state index < -0.39 is 98.5 Å². The fourth-order valence-electron chi connectivity index (χ4n) is 5.80. The van der Waals surface area contributed by atoms with Crippen molar-refractivity contribution in [1.29, 1.82) is 0 Å². The van der Waals surface area contributed by atoms with Gasteiger partial charge in [0.2, 0.25) is 5.78 Å². The normalized spacial score (nSPS) is 32.3. The SMILES string of the molecule is CC1c2ccc(C(=O)O)c(O)c2C(=O)C2=C(O)C3(O)C(=O)C(C(N)=O)=C(O)C(N(C)C)C3C(O)C21. The van der Waals surface area contributed by atoms with Crippen LogP contribution in [0.2, 0.25) is 0 Å². The molecule has 6 atom stereocenters. The van der Waals surface area contributed by atoms with E-state index in [1.807, 2.05) is 0 Å². The zero-order chi connectivity index (χ0) is 26.3. The van der Waals surface area contributed by atoms with Gasteiger partial charge in [0, 0.05) is 11.5 Å². The summed E-state index contributed by atoms with van der Waals surface area (Å²) >= 11 is 0. The second-order valence-corrected chi connectivity index (χ2v) is 9.28. The molecule has 1 aromatic carbocycles. The predicted molar refractivity (Wildman–Crippen MR) is 117 cm³/mol. The van der Waals surface area contributed by atoms with Crippen molar-refractivity contribution < 1.29 is 49.8 Å². The van der Waals surface area contributed by atoms with Crippen LogP contribution >= 0.6 is 0 Å². The predicted octanol–water partition coefficient (Wildman–Crippen LogP) is -0.649. The van der Waals surface area contributed by atoms with E-state index in [1.165, 1.54) is 25.1 Å². The van der Waals surface area contributed by atoms with Crippen molar-refractivity contribution in [3.8, 4) is 5.75 Å². The van der Waals surface area contributed by atoms with Crippen molar-refractivity contribution in [2.75, 3.05) is 14.1 Å². The number of carbonyl (C=O) groups is 4. The molecule has 0 radical (unpaired) electrons. The number of ketones is 2. The lowest BCUT2D eigenvalue weighted by Gasteiger charge is -2.53. The molecule has 0 aliphatic heterocycles. The number of hydrogen-bond donors (Lipinski definition) is 7. The van der Waals surface area contributed by atoms with Crippen LogP contribution in [0.3, 0.4) is 0 Å². The van der Waals surface area contributed by atoms with Crippen molar-refractivity contribution in [2.24, 2.45) is 17.6 Å². The molecule has 0 bridgehead atoms. The lowest BCUT2D eigenvalue weighted by atomic mass is 9.55. The van der Waals surface area contributed by atoms with Crippen LogP contribution in [-0.4, -0.2) is 90.8 Å². The molecular formula is C23H24N2O10. The van der Waals surface area contributed by atoms with Gasteiger partial charge in [0.25, 0.3) is 5.91 Å². The number of carboxylic acid groups (broad SMARTS) is 1. The van der Waals surface area contributed by atoms with Crippen LogP contribution in [0.4, 0.5) is 0 Å². The second-order valence-electron chi connectivity index (χ2n) is 9.28. The number of carboxylic acids is 1. The van der Waals surface area contributed by atoms with Gasteiger partial charge >= 0.3 is 5.97 Å². The van der Waals surface area contributed by atoms with Gasteiger partial charge in [-0.25, -0.2) is 4.79 Å². The Morgan fingerprint density at radius 3 is 2.23 bits per heavy atom. The third kappa shape index (κ3) is 2.90.